The van der Waals surface area contributed by atoms with Crippen LogP contribution in [0.3, 0.4) is 0 Å². The molecule has 1 fully saturated rings. The molecule has 2 heterocycles. The number of likely N-dealkylation sites (tertiary alicyclic amines) is 1. The van der Waals surface area contributed by atoms with Crippen LogP contribution in [0.2, 0.25) is 0 Å². The first-order valence-corrected chi connectivity index (χ1v) is 8.36. The average molecular weight is 313 g/mol. The summed E-state index contributed by atoms with van der Waals surface area (Å²) in [5.74, 6) is 0.643. The number of tetrazole rings is 1. The summed E-state index contributed by atoms with van der Waals surface area (Å²) in [7, 11) is 0. The Morgan fingerprint density at radius 1 is 1.30 bits per heavy atom. The van der Waals surface area contributed by atoms with Crippen molar-refractivity contribution < 1.29 is 4.79 Å². The molecule has 1 amide bonds. The van der Waals surface area contributed by atoms with Gasteiger partial charge in [0.25, 0.3) is 0 Å². The van der Waals surface area contributed by atoms with Gasteiger partial charge in [-0.25, -0.2) is 0 Å². The first-order valence-electron chi connectivity index (χ1n) is 8.36. The van der Waals surface area contributed by atoms with E-state index >= 15 is 0 Å². The highest BCUT2D eigenvalue weighted by atomic mass is 16.2. The van der Waals surface area contributed by atoms with E-state index in [4.69, 9.17) is 0 Å². The minimum absolute atomic E-state index is 0.0913. The molecule has 2 atom stereocenters. The van der Waals surface area contributed by atoms with E-state index in [9.17, 15) is 4.79 Å². The van der Waals surface area contributed by atoms with Crippen molar-refractivity contribution in [1.82, 2.24) is 25.1 Å². The van der Waals surface area contributed by atoms with Crippen molar-refractivity contribution >= 4 is 5.91 Å². The van der Waals surface area contributed by atoms with Crippen molar-refractivity contribution in [3.05, 3.63) is 30.3 Å². The maximum absolute atomic E-state index is 12.8. The van der Waals surface area contributed by atoms with Gasteiger partial charge in [0, 0.05) is 18.2 Å². The standard InChI is InChI=1S/C17H23N5O/c1-3-15-11-7-8-12-21(15)17(23)13(2)22-19-16(18-20-22)14-9-5-4-6-10-14/h4-6,9-10,13,15H,3,7-8,11-12H2,1-2H3. The topological polar surface area (TPSA) is 63.9 Å². The fraction of sp³-hybridized carbons (Fsp3) is 0.529. The van der Waals surface area contributed by atoms with E-state index in [0.717, 1.165) is 31.4 Å². The van der Waals surface area contributed by atoms with Gasteiger partial charge in [0.05, 0.1) is 0 Å². The second-order valence-corrected chi connectivity index (χ2v) is 6.06. The molecule has 3 rings (SSSR count). The van der Waals surface area contributed by atoms with E-state index in [1.165, 1.54) is 11.2 Å². The molecule has 0 spiro atoms. The van der Waals surface area contributed by atoms with Gasteiger partial charge in [0.15, 0.2) is 0 Å². The maximum Gasteiger partial charge on any atom is 0.249 e. The number of benzene rings is 1. The summed E-state index contributed by atoms with van der Waals surface area (Å²) in [6.45, 7) is 4.82. The number of piperidine rings is 1. The SMILES string of the molecule is CCC1CCCCN1C(=O)C(C)n1nnc(-c2ccccc2)n1. The molecule has 122 valence electrons. The second kappa shape index (κ2) is 6.89. The van der Waals surface area contributed by atoms with E-state index in [-0.39, 0.29) is 5.91 Å². The van der Waals surface area contributed by atoms with Crippen molar-refractivity contribution in [2.24, 2.45) is 0 Å². The third-order valence-electron chi connectivity index (χ3n) is 4.55. The Morgan fingerprint density at radius 2 is 2.09 bits per heavy atom. The summed E-state index contributed by atoms with van der Waals surface area (Å²) in [6, 6.07) is 9.61. The Bertz CT molecular complexity index is 654. The maximum atomic E-state index is 12.8. The van der Waals surface area contributed by atoms with Crippen LogP contribution in [0.15, 0.2) is 30.3 Å². The summed E-state index contributed by atoms with van der Waals surface area (Å²) in [5.41, 5.74) is 0.905. The van der Waals surface area contributed by atoms with Gasteiger partial charge in [-0.15, -0.1) is 10.2 Å². The van der Waals surface area contributed by atoms with Crippen molar-refractivity contribution in [2.75, 3.05) is 6.54 Å². The van der Waals surface area contributed by atoms with Gasteiger partial charge in [0.1, 0.15) is 6.04 Å². The molecule has 2 unspecified atom stereocenters. The molecule has 0 radical (unpaired) electrons. The molecule has 1 aromatic carbocycles. The lowest BCUT2D eigenvalue weighted by molar-refractivity contribution is -0.138. The minimum atomic E-state index is -0.424. The number of aromatic nitrogens is 4. The molecule has 0 bridgehead atoms. The molecule has 0 N–H and O–H groups in total. The van der Waals surface area contributed by atoms with Crippen LogP contribution in [-0.4, -0.2) is 43.6 Å². The van der Waals surface area contributed by atoms with E-state index in [0.29, 0.717) is 11.9 Å². The summed E-state index contributed by atoms with van der Waals surface area (Å²) >= 11 is 0. The molecule has 0 aliphatic carbocycles. The number of hydrogen-bond acceptors (Lipinski definition) is 4. The van der Waals surface area contributed by atoms with E-state index in [1.54, 1.807) is 0 Å². The molecule has 2 aromatic rings. The van der Waals surface area contributed by atoms with Crippen molar-refractivity contribution in [3.8, 4) is 11.4 Å². The van der Waals surface area contributed by atoms with E-state index in [1.807, 2.05) is 42.2 Å². The van der Waals surface area contributed by atoms with Gasteiger partial charge in [-0.1, -0.05) is 37.3 Å². The van der Waals surface area contributed by atoms with E-state index < -0.39 is 6.04 Å². The Balaban J connectivity index is 1.76. The molecule has 1 saturated heterocycles. The normalized spacial score (nSPS) is 19.6. The van der Waals surface area contributed by atoms with Crippen LogP contribution in [0.5, 0.6) is 0 Å². The Labute approximate surface area is 136 Å². The molecule has 6 nitrogen and oxygen atoms in total. The van der Waals surface area contributed by atoms with Gasteiger partial charge in [-0.2, -0.15) is 4.80 Å². The lowest BCUT2D eigenvalue weighted by Crippen LogP contribution is -2.46. The zero-order valence-electron chi connectivity index (χ0n) is 13.7. The molecule has 6 heteroatoms. The quantitative estimate of drug-likeness (QED) is 0.870. The molecule has 23 heavy (non-hydrogen) atoms. The van der Waals surface area contributed by atoms with Crippen molar-refractivity contribution in [3.63, 3.8) is 0 Å². The van der Waals surface area contributed by atoms with Crippen molar-refractivity contribution in [1.29, 1.82) is 0 Å². The number of amides is 1. The van der Waals surface area contributed by atoms with Crippen molar-refractivity contribution in [2.45, 2.75) is 51.6 Å². The lowest BCUT2D eigenvalue weighted by Gasteiger charge is -2.36. The third-order valence-corrected chi connectivity index (χ3v) is 4.55. The Hall–Kier alpha value is -2.24. The number of rotatable bonds is 4. The second-order valence-electron chi connectivity index (χ2n) is 6.06. The van der Waals surface area contributed by atoms with Crippen LogP contribution in [0.25, 0.3) is 11.4 Å². The number of carbonyl (C=O) groups is 1. The van der Waals surface area contributed by atoms with Gasteiger partial charge < -0.3 is 4.90 Å². The number of hydrogen-bond donors (Lipinski definition) is 0. The van der Waals surface area contributed by atoms with Gasteiger partial charge in [-0.05, 0) is 37.8 Å². The third kappa shape index (κ3) is 3.25. The number of nitrogens with zero attached hydrogens (tertiary/aromatic N) is 5. The molecule has 0 saturated carbocycles. The highest BCUT2D eigenvalue weighted by Gasteiger charge is 2.30. The summed E-state index contributed by atoms with van der Waals surface area (Å²) < 4.78 is 0. The van der Waals surface area contributed by atoms with Gasteiger partial charge in [0.2, 0.25) is 11.7 Å². The Morgan fingerprint density at radius 3 is 2.83 bits per heavy atom. The summed E-state index contributed by atoms with van der Waals surface area (Å²) in [4.78, 5) is 16.2. The average Bonchev–Trinajstić information content (AvgIpc) is 3.11. The minimum Gasteiger partial charge on any atom is -0.338 e. The fourth-order valence-electron chi connectivity index (χ4n) is 3.15. The predicted octanol–water partition coefficient (Wildman–Crippen LogP) is 2.69. The first kappa shape index (κ1) is 15.6. The zero-order chi connectivity index (χ0) is 16.2. The lowest BCUT2D eigenvalue weighted by atomic mass is 9.99. The summed E-state index contributed by atoms with van der Waals surface area (Å²) in [5, 5.41) is 12.6. The van der Waals surface area contributed by atoms with Gasteiger partial charge in [-0.3, -0.25) is 4.79 Å². The zero-order valence-corrected chi connectivity index (χ0v) is 13.7. The molecule has 1 aromatic heterocycles. The smallest absolute Gasteiger partial charge is 0.249 e. The summed E-state index contributed by atoms with van der Waals surface area (Å²) in [6.07, 6.45) is 4.37. The van der Waals surface area contributed by atoms with Crippen LogP contribution in [0.1, 0.15) is 45.6 Å². The first-order chi connectivity index (χ1) is 11.2. The monoisotopic (exact) mass is 313 g/mol. The fourth-order valence-corrected chi connectivity index (χ4v) is 3.15. The highest BCUT2D eigenvalue weighted by Crippen LogP contribution is 2.23. The van der Waals surface area contributed by atoms with Crippen LogP contribution >= 0.6 is 0 Å². The van der Waals surface area contributed by atoms with Crippen LogP contribution < -0.4 is 0 Å². The van der Waals surface area contributed by atoms with Crippen LogP contribution in [-0.2, 0) is 4.79 Å². The Kier molecular flexibility index (Phi) is 4.69. The van der Waals surface area contributed by atoms with Crippen LogP contribution in [0.4, 0.5) is 0 Å². The van der Waals surface area contributed by atoms with Crippen LogP contribution in [0, 0.1) is 0 Å². The largest absolute Gasteiger partial charge is 0.338 e. The van der Waals surface area contributed by atoms with E-state index in [2.05, 4.69) is 22.3 Å². The molecule has 1 aliphatic rings. The van der Waals surface area contributed by atoms with Gasteiger partial charge >= 0.3 is 0 Å². The predicted molar refractivity (Wildman–Crippen MR) is 87.6 cm³/mol. The molecule has 1 aliphatic heterocycles. The molecular formula is C17H23N5O. The number of carbonyl (C=O) groups excluding carboxylic acids is 1. The molecular weight excluding hydrogens is 290 g/mol. The highest BCUT2D eigenvalue weighted by molar-refractivity contribution is 5.80.